The standard InChI is InChI=1S/C22H23Cl2N7O/c23-17-4-1-3-16(15-17)19-26-21(28-22(27-19)31-11-13-32-14-12-31)30-9-7-29(8-10-30)20-18(24)5-2-6-25-20/h1-6,15H,7-14H2. The number of rotatable bonds is 4. The molecule has 0 unspecified atom stereocenters. The molecule has 0 bridgehead atoms. The van der Waals surface area contributed by atoms with E-state index in [9.17, 15) is 0 Å². The first kappa shape index (κ1) is 21.2. The highest BCUT2D eigenvalue weighted by atomic mass is 35.5. The molecule has 2 saturated heterocycles. The zero-order chi connectivity index (χ0) is 21.9. The highest BCUT2D eigenvalue weighted by molar-refractivity contribution is 6.33. The Morgan fingerprint density at radius 3 is 2.12 bits per heavy atom. The van der Waals surface area contributed by atoms with Crippen LogP contribution in [0.15, 0.2) is 42.6 Å². The molecule has 5 rings (SSSR count). The van der Waals surface area contributed by atoms with Gasteiger partial charge in [-0.1, -0.05) is 35.3 Å². The van der Waals surface area contributed by atoms with Crippen LogP contribution in [0.3, 0.4) is 0 Å². The predicted octanol–water partition coefficient (Wildman–Crippen LogP) is 3.40. The lowest BCUT2D eigenvalue weighted by Crippen LogP contribution is -2.47. The number of benzene rings is 1. The summed E-state index contributed by atoms with van der Waals surface area (Å²) in [6.07, 6.45) is 1.77. The summed E-state index contributed by atoms with van der Waals surface area (Å²) in [6, 6.07) is 11.3. The van der Waals surface area contributed by atoms with Crippen LogP contribution in [0, 0.1) is 0 Å². The van der Waals surface area contributed by atoms with Gasteiger partial charge in [-0.2, -0.15) is 15.0 Å². The van der Waals surface area contributed by atoms with Crippen molar-refractivity contribution < 1.29 is 4.74 Å². The number of aromatic nitrogens is 4. The number of hydrogen-bond acceptors (Lipinski definition) is 8. The number of anilines is 3. The minimum Gasteiger partial charge on any atom is -0.378 e. The van der Waals surface area contributed by atoms with E-state index in [0.29, 0.717) is 41.0 Å². The molecule has 2 aliphatic rings. The average molecular weight is 472 g/mol. The van der Waals surface area contributed by atoms with Gasteiger partial charge in [-0.25, -0.2) is 4.98 Å². The van der Waals surface area contributed by atoms with E-state index >= 15 is 0 Å². The van der Waals surface area contributed by atoms with Crippen LogP contribution < -0.4 is 14.7 Å². The first-order valence-electron chi connectivity index (χ1n) is 10.6. The van der Waals surface area contributed by atoms with Gasteiger partial charge in [0.2, 0.25) is 11.9 Å². The third kappa shape index (κ3) is 4.57. The Balaban J connectivity index is 1.42. The minimum absolute atomic E-state index is 0.620. The maximum Gasteiger partial charge on any atom is 0.230 e. The van der Waals surface area contributed by atoms with Crippen molar-refractivity contribution in [1.82, 2.24) is 19.9 Å². The maximum atomic E-state index is 6.34. The fraction of sp³-hybridized carbons (Fsp3) is 0.364. The van der Waals surface area contributed by atoms with Crippen LogP contribution >= 0.6 is 23.2 Å². The predicted molar refractivity (Wildman–Crippen MR) is 127 cm³/mol. The van der Waals surface area contributed by atoms with Crippen molar-refractivity contribution in [2.24, 2.45) is 0 Å². The van der Waals surface area contributed by atoms with Crippen molar-refractivity contribution in [2.75, 3.05) is 67.2 Å². The third-order valence-electron chi connectivity index (χ3n) is 5.59. The van der Waals surface area contributed by atoms with Gasteiger partial charge >= 0.3 is 0 Å². The van der Waals surface area contributed by atoms with E-state index in [1.54, 1.807) is 6.20 Å². The lowest BCUT2D eigenvalue weighted by Gasteiger charge is -2.36. The second-order valence-corrected chi connectivity index (χ2v) is 8.50. The van der Waals surface area contributed by atoms with E-state index in [2.05, 4.69) is 19.7 Å². The van der Waals surface area contributed by atoms with Gasteiger partial charge in [0.05, 0.1) is 18.2 Å². The SMILES string of the molecule is Clc1cccc(-c2nc(N3CCOCC3)nc(N3CCN(c4ncccc4Cl)CC3)n2)c1. The Bertz CT molecular complexity index is 1090. The van der Waals surface area contributed by atoms with Crippen LogP contribution in [0.1, 0.15) is 0 Å². The van der Waals surface area contributed by atoms with Gasteiger partial charge in [0, 0.05) is 56.1 Å². The Morgan fingerprint density at radius 1 is 0.750 bits per heavy atom. The van der Waals surface area contributed by atoms with Crippen molar-refractivity contribution in [2.45, 2.75) is 0 Å². The number of piperazine rings is 1. The topological polar surface area (TPSA) is 70.5 Å². The lowest BCUT2D eigenvalue weighted by molar-refractivity contribution is 0.122. The molecule has 0 spiro atoms. The molecule has 2 aromatic heterocycles. The molecule has 0 saturated carbocycles. The molecule has 1 aromatic carbocycles. The van der Waals surface area contributed by atoms with Crippen LogP contribution in [0.4, 0.5) is 17.7 Å². The second kappa shape index (κ2) is 9.44. The van der Waals surface area contributed by atoms with Crippen LogP contribution in [0.2, 0.25) is 10.0 Å². The summed E-state index contributed by atoms with van der Waals surface area (Å²) in [7, 11) is 0. The fourth-order valence-electron chi connectivity index (χ4n) is 3.89. The van der Waals surface area contributed by atoms with Crippen LogP contribution in [-0.2, 0) is 4.74 Å². The smallest absolute Gasteiger partial charge is 0.230 e. The van der Waals surface area contributed by atoms with Gasteiger partial charge in [-0.3, -0.25) is 0 Å². The van der Waals surface area contributed by atoms with Crippen LogP contribution in [0.5, 0.6) is 0 Å². The molecule has 3 aromatic rings. The number of halogens is 2. The fourth-order valence-corrected chi connectivity index (χ4v) is 4.32. The summed E-state index contributed by atoms with van der Waals surface area (Å²) in [4.78, 5) is 25.4. The minimum atomic E-state index is 0.620. The molecular formula is C22H23Cl2N7O. The molecule has 0 aliphatic carbocycles. The van der Waals surface area contributed by atoms with E-state index in [1.165, 1.54) is 0 Å². The normalized spacial score (nSPS) is 17.0. The van der Waals surface area contributed by atoms with E-state index in [1.807, 2.05) is 36.4 Å². The molecule has 0 atom stereocenters. The Morgan fingerprint density at radius 2 is 1.44 bits per heavy atom. The summed E-state index contributed by atoms with van der Waals surface area (Å²) < 4.78 is 5.50. The molecule has 10 heteroatoms. The van der Waals surface area contributed by atoms with Crippen molar-refractivity contribution in [3.05, 3.63) is 52.6 Å². The Kier molecular flexibility index (Phi) is 6.25. The molecule has 0 N–H and O–H groups in total. The van der Waals surface area contributed by atoms with E-state index in [-0.39, 0.29) is 0 Å². The summed E-state index contributed by atoms with van der Waals surface area (Å²) in [6.45, 7) is 5.91. The van der Waals surface area contributed by atoms with Crippen molar-refractivity contribution in [3.8, 4) is 11.4 Å². The maximum absolute atomic E-state index is 6.34. The van der Waals surface area contributed by atoms with E-state index in [4.69, 9.17) is 42.9 Å². The quantitative estimate of drug-likeness (QED) is 0.573. The summed E-state index contributed by atoms with van der Waals surface area (Å²) in [5.41, 5.74) is 0.870. The van der Waals surface area contributed by atoms with Crippen molar-refractivity contribution in [1.29, 1.82) is 0 Å². The van der Waals surface area contributed by atoms with Crippen LogP contribution in [-0.4, -0.2) is 72.4 Å². The number of morpholine rings is 1. The van der Waals surface area contributed by atoms with Gasteiger partial charge < -0.3 is 19.4 Å². The molecule has 32 heavy (non-hydrogen) atoms. The van der Waals surface area contributed by atoms with Gasteiger partial charge in [-0.05, 0) is 24.3 Å². The zero-order valence-electron chi connectivity index (χ0n) is 17.5. The second-order valence-electron chi connectivity index (χ2n) is 7.65. The summed E-state index contributed by atoms with van der Waals surface area (Å²) in [5.74, 6) is 2.78. The highest BCUT2D eigenvalue weighted by Gasteiger charge is 2.24. The van der Waals surface area contributed by atoms with Crippen molar-refractivity contribution in [3.63, 3.8) is 0 Å². The van der Waals surface area contributed by atoms with Gasteiger partial charge in [-0.15, -0.1) is 0 Å². The van der Waals surface area contributed by atoms with Crippen molar-refractivity contribution >= 4 is 40.9 Å². The molecule has 4 heterocycles. The summed E-state index contributed by atoms with van der Waals surface area (Å²) in [5, 5.41) is 1.32. The zero-order valence-corrected chi connectivity index (χ0v) is 19.0. The van der Waals surface area contributed by atoms with Crippen LogP contribution in [0.25, 0.3) is 11.4 Å². The van der Waals surface area contributed by atoms with Gasteiger partial charge in [0.1, 0.15) is 5.82 Å². The van der Waals surface area contributed by atoms with Gasteiger partial charge in [0.25, 0.3) is 0 Å². The largest absolute Gasteiger partial charge is 0.378 e. The van der Waals surface area contributed by atoms with Gasteiger partial charge in [0.15, 0.2) is 5.82 Å². The first-order chi connectivity index (χ1) is 15.7. The molecule has 0 radical (unpaired) electrons. The number of hydrogen-bond donors (Lipinski definition) is 0. The average Bonchev–Trinajstić information content (AvgIpc) is 2.85. The molecular weight excluding hydrogens is 449 g/mol. The third-order valence-corrected chi connectivity index (χ3v) is 6.12. The number of ether oxygens (including phenoxy) is 1. The molecule has 8 nitrogen and oxygen atoms in total. The van der Waals surface area contributed by atoms with E-state index in [0.717, 1.165) is 50.6 Å². The monoisotopic (exact) mass is 471 g/mol. The Labute approximate surface area is 196 Å². The molecule has 166 valence electrons. The number of nitrogens with zero attached hydrogens (tertiary/aromatic N) is 7. The molecule has 2 fully saturated rings. The molecule has 2 aliphatic heterocycles. The van der Waals surface area contributed by atoms with E-state index < -0.39 is 0 Å². The first-order valence-corrected chi connectivity index (χ1v) is 11.4. The number of pyridine rings is 1. The Hall–Kier alpha value is -2.68. The summed E-state index contributed by atoms with van der Waals surface area (Å²) >= 11 is 12.6. The lowest BCUT2D eigenvalue weighted by atomic mass is 10.2. The molecule has 0 amide bonds. The highest BCUT2D eigenvalue weighted by Crippen LogP contribution is 2.27.